The number of likely N-dealkylation sites (N-methyl/N-ethyl adjacent to an activating group) is 1. The van der Waals surface area contributed by atoms with E-state index in [-0.39, 0.29) is 5.54 Å². The first kappa shape index (κ1) is 11.6. The van der Waals surface area contributed by atoms with E-state index in [0.717, 1.165) is 37.3 Å². The summed E-state index contributed by atoms with van der Waals surface area (Å²) in [5, 5.41) is 0. The van der Waals surface area contributed by atoms with Crippen LogP contribution in [0.2, 0.25) is 0 Å². The quantitative estimate of drug-likeness (QED) is 0.831. The van der Waals surface area contributed by atoms with Gasteiger partial charge in [0.05, 0.1) is 6.04 Å². The maximum absolute atomic E-state index is 6.49. The van der Waals surface area contributed by atoms with Crippen molar-refractivity contribution in [2.75, 3.05) is 26.8 Å². The van der Waals surface area contributed by atoms with Gasteiger partial charge in [-0.25, -0.2) is 0 Å². The lowest BCUT2D eigenvalue weighted by molar-refractivity contribution is 0.165. The lowest BCUT2D eigenvalue weighted by Crippen LogP contribution is -2.44. The van der Waals surface area contributed by atoms with Crippen LogP contribution < -0.4 is 15.2 Å². The number of nitrogens with two attached hydrogens (primary N) is 1. The van der Waals surface area contributed by atoms with Crippen molar-refractivity contribution in [3.63, 3.8) is 0 Å². The van der Waals surface area contributed by atoms with Gasteiger partial charge in [0.15, 0.2) is 11.5 Å². The molecule has 0 radical (unpaired) electrons. The molecule has 2 N–H and O–H groups in total. The van der Waals surface area contributed by atoms with E-state index in [1.807, 2.05) is 0 Å². The van der Waals surface area contributed by atoms with E-state index < -0.39 is 0 Å². The minimum atomic E-state index is -0.0340. The minimum absolute atomic E-state index is 0.0340. The Kier molecular flexibility index (Phi) is 2.35. The zero-order chi connectivity index (χ0) is 13.0. The number of fused-ring (bicyclic) bond motifs is 2. The Morgan fingerprint density at radius 2 is 1.89 bits per heavy atom. The van der Waals surface area contributed by atoms with Crippen molar-refractivity contribution in [3.05, 3.63) is 23.3 Å². The number of rotatable bonds is 1. The molecule has 4 heteroatoms. The Hall–Kier alpha value is -1.26. The van der Waals surface area contributed by atoms with Crippen LogP contribution in [0.15, 0.2) is 12.1 Å². The van der Waals surface area contributed by atoms with Gasteiger partial charge in [0, 0.05) is 12.1 Å². The molecule has 0 saturated heterocycles. The molecule has 1 atom stereocenters. The molecule has 0 aromatic heterocycles. The molecule has 1 unspecified atom stereocenters. The highest BCUT2D eigenvalue weighted by Gasteiger charge is 2.50. The molecule has 0 spiro atoms. The Bertz CT molecular complexity index is 525. The average Bonchev–Trinajstić information content (AvgIpc) is 3.15. The van der Waals surface area contributed by atoms with Crippen LogP contribution in [0.4, 0.5) is 0 Å². The summed E-state index contributed by atoms with van der Waals surface area (Å²) in [5.74, 6) is 1.78. The van der Waals surface area contributed by atoms with Crippen molar-refractivity contribution < 1.29 is 9.47 Å². The van der Waals surface area contributed by atoms with E-state index in [9.17, 15) is 0 Å². The summed E-state index contributed by atoms with van der Waals surface area (Å²) in [5.41, 5.74) is 9.18. The first-order valence-electron chi connectivity index (χ1n) is 7.09. The van der Waals surface area contributed by atoms with Gasteiger partial charge in [-0.2, -0.15) is 0 Å². The van der Waals surface area contributed by atoms with Crippen LogP contribution in [0.1, 0.15) is 30.0 Å². The molecule has 19 heavy (non-hydrogen) atoms. The largest absolute Gasteiger partial charge is 0.486 e. The molecule has 0 amide bonds. The lowest BCUT2D eigenvalue weighted by atomic mass is 9.87. The van der Waals surface area contributed by atoms with Crippen molar-refractivity contribution in [1.29, 1.82) is 0 Å². The zero-order valence-electron chi connectivity index (χ0n) is 11.3. The van der Waals surface area contributed by atoms with Crippen LogP contribution in [0, 0.1) is 0 Å². The Morgan fingerprint density at radius 1 is 1.21 bits per heavy atom. The van der Waals surface area contributed by atoms with Gasteiger partial charge in [-0.05, 0) is 49.6 Å². The SMILES string of the molecule is CN1CCc2cc3c(cc2C1C1(N)CC1)OCCO3. The van der Waals surface area contributed by atoms with E-state index in [2.05, 4.69) is 24.1 Å². The van der Waals surface area contributed by atoms with Crippen molar-refractivity contribution in [1.82, 2.24) is 4.90 Å². The Balaban J connectivity index is 1.82. The van der Waals surface area contributed by atoms with E-state index >= 15 is 0 Å². The third-order valence-corrected chi connectivity index (χ3v) is 4.65. The molecule has 4 nitrogen and oxygen atoms in total. The fourth-order valence-electron chi connectivity index (χ4n) is 3.45. The fourth-order valence-corrected chi connectivity index (χ4v) is 3.45. The van der Waals surface area contributed by atoms with E-state index in [4.69, 9.17) is 15.2 Å². The Labute approximate surface area is 113 Å². The maximum atomic E-state index is 6.49. The number of nitrogens with zero attached hydrogens (tertiary/aromatic N) is 1. The van der Waals surface area contributed by atoms with Gasteiger partial charge in [-0.3, -0.25) is 4.90 Å². The van der Waals surface area contributed by atoms with Gasteiger partial charge in [0.2, 0.25) is 0 Å². The number of benzene rings is 1. The predicted octanol–water partition coefficient (Wildman–Crippen LogP) is 1.48. The summed E-state index contributed by atoms with van der Waals surface area (Å²) in [4.78, 5) is 2.39. The van der Waals surface area contributed by atoms with Crippen molar-refractivity contribution >= 4 is 0 Å². The molecule has 1 aromatic carbocycles. The van der Waals surface area contributed by atoms with Gasteiger partial charge < -0.3 is 15.2 Å². The van der Waals surface area contributed by atoms with Crippen LogP contribution in [0.5, 0.6) is 11.5 Å². The molecule has 1 fully saturated rings. The number of ether oxygens (including phenoxy) is 2. The third-order valence-electron chi connectivity index (χ3n) is 4.65. The summed E-state index contributed by atoms with van der Waals surface area (Å²) < 4.78 is 11.4. The highest BCUT2D eigenvalue weighted by molar-refractivity contribution is 5.51. The number of hydrogen-bond acceptors (Lipinski definition) is 4. The second kappa shape index (κ2) is 3.87. The van der Waals surface area contributed by atoms with Crippen LogP contribution in [0.3, 0.4) is 0 Å². The monoisotopic (exact) mass is 260 g/mol. The molecule has 3 aliphatic rings. The Morgan fingerprint density at radius 3 is 2.58 bits per heavy atom. The first-order chi connectivity index (χ1) is 9.17. The van der Waals surface area contributed by atoms with Gasteiger partial charge in [0.25, 0.3) is 0 Å². The minimum Gasteiger partial charge on any atom is -0.486 e. The van der Waals surface area contributed by atoms with Crippen LogP contribution in [-0.2, 0) is 6.42 Å². The van der Waals surface area contributed by atoms with Crippen molar-refractivity contribution in [2.24, 2.45) is 5.73 Å². The smallest absolute Gasteiger partial charge is 0.161 e. The van der Waals surface area contributed by atoms with Gasteiger partial charge in [-0.15, -0.1) is 0 Å². The molecule has 2 aliphatic heterocycles. The van der Waals surface area contributed by atoms with E-state index in [1.54, 1.807) is 0 Å². The van der Waals surface area contributed by atoms with E-state index in [1.165, 1.54) is 11.1 Å². The van der Waals surface area contributed by atoms with Gasteiger partial charge in [-0.1, -0.05) is 0 Å². The average molecular weight is 260 g/mol. The van der Waals surface area contributed by atoms with Crippen molar-refractivity contribution in [3.8, 4) is 11.5 Å². The predicted molar refractivity (Wildman–Crippen MR) is 72.7 cm³/mol. The highest BCUT2D eigenvalue weighted by atomic mass is 16.6. The topological polar surface area (TPSA) is 47.7 Å². The fraction of sp³-hybridized carbons (Fsp3) is 0.600. The normalized spacial score (nSPS) is 27.8. The summed E-state index contributed by atoms with van der Waals surface area (Å²) in [6.45, 7) is 2.35. The van der Waals surface area contributed by atoms with Crippen LogP contribution >= 0.6 is 0 Å². The molecule has 1 aliphatic carbocycles. The second-order valence-electron chi connectivity index (χ2n) is 6.06. The molecule has 4 rings (SSSR count). The summed E-state index contributed by atoms with van der Waals surface area (Å²) in [7, 11) is 2.18. The maximum Gasteiger partial charge on any atom is 0.161 e. The van der Waals surface area contributed by atoms with Gasteiger partial charge in [0.1, 0.15) is 13.2 Å². The molecule has 0 bridgehead atoms. The molecule has 1 saturated carbocycles. The summed E-state index contributed by atoms with van der Waals surface area (Å²) in [6.07, 6.45) is 3.31. The first-order valence-corrected chi connectivity index (χ1v) is 7.09. The second-order valence-corrected chi connectivity index (χ2v) is 6.06. The van der Waals surface area contributed by atoms with E-state index in [0.29, 0.717) is 19.3 Å². The molecule has 2 heterocycles. The molecule has 102 valence electrons. The highest BCUT2D eigenvalue weighted by Crippen LogP contribution is 2.50. The molecular formula is C15H20N2O2. The molecule has 1 aromatic rings. The van der Waals surface area contributed by atoms with Crippen molar-refractivity contribution in [2.45, 2.75) is 30.8 Å². The van der Waals surface area contributed by atoms with Crippen LogP contribution in [0.25, 0.3) is 0 Å². The summed E-state index contributed by atoms with van der Waals surface area (Å²) in [6, 6.07) is 4.65. The molecular weight excluding hydrogens is 240 g/mol. The standard InChI is InChI=1S/C15H20N2O2/c1-17-5-2-10-8-12-13(19-7-6-18-12)9-11(10)14(17)15(16)3-4-15/h8-9,14H,2-7,16H2,1H3. The van der Waals surface area contributed by atoms with Gasteiger partial charge >= 0.3 is 0 Å². The van der Waals surface area contributed by atoms with Crippen LogP contribution in [-0.4, -0.2) is 37.2 Å². The summed E-state index contributed by atoms with van der Waals surface area (Å²) >= 11 is 0. The zero-order valence-corrected chi connectivity index (χ0v) is 11.3. The lowest BCUT2D eigenvalue weighted by Gasteiger charge is -2.39. The third kappa shape index (κ3) is 1.74. The number of hydrogen-bond donors (Lipinski definition) is 1.